The highest BCUT2D eigenvalue weighted by atomic mass is 16.6. The molecule has 16 heavy (non-hydrogen) atoms. The molecule has 0 aromatic carbocycles. The van der Waals surface area contributed by atoms with Crippen LogP contribution in [0.3, 0.4) is 0 Å². The van der Waals surface area contributed by atoms with Crippen LogP contribution >= 0.6 is 0 Å². The highest BCUT2D eigenvalue weighted by molar-refractivity contribution is 5.89. The second-order valence-electron chi connectivity index (χ2n) is 2.25. The average molecular weight is 232 g/mol. The maximum Gasteiger partial charge on any atom is 0.332 e. The van der Waals surface area contributed by atoms with Crippen molar-refractivity contribution in [2.24, 2.45) is 0 Å². The van der Waals surface area contributed by atoms with Crippen molar-refractivity contribution in [2.45, 2.75) is 13.2 Å². The van der Waals surface area contributed by atoms with Gasteiger partial charge in [0, 0.05) is 18.2 Å². The zero-order chi connectivity index (χ0) is 13.1. The number of hydrogen-bond acceptors (Lipinski definition) is 5. The van der Waals surface area contributed by atoms with Gasteiger partial charge in [0.2, 0.25) is 0 Å². The van der Waals surface area contributed by atoms with Gasteiger partial charge in [-0.15, -0.1) is 0 Å². The first-order valence-electron chi connectivity index (χ1n) is 3.94. The Morgan fingerprint density at radius 3 is 1.69 bits per heavy atom. The van der Waals surface area contributed by atoms with E-state index in [0.717, 1.165) is 6.08 Å². The van der Waals surface area contributed by atoms with Crippen molar-refractivity contribution >= 4 is 17.9 Å². The zero-order valence-electron chi connectivity index (χ0n) is 8.49. The number of ether oxygens (including phenoxy) is 1. The van der Waals surface area contributed by atoms with Gasteiger partial charge in [0.25, 0.3) is 0 Å². The van der Waals surface area contributed by atoms with Crippen molar-refractivity contribution in [2.75, 3.05) is 0 Å². The molecule has 0 radical (unpaired) electrons. The van der Waals surface area contributed by atoms with Crippen LogP contribution in [0, 0.1) is 0 Å². The number of carbonyl (C=O) groups is 3. The van der Waals surface area contributed by atoms with Crippen LogP contribution in [-0.4, -0.2) is 39.5 Å². The van der Waals surface area contributed by atoms with Crippen molar-refractivity contribution < 1.29 is 34.4 Å². The highest BCUT2D eigenvalue weighted by Crippen LogP contribution is 1.84. The van der Waals surface area contributed by atoms with Crippen molar-refractivity contribution in [3.05, 3.63) is 24.8 Å². The van der Waals surface area contributed by atoms with E-state index < -0.39 is 24.2 Å². The lowest BCUT2D eigenvalue weighted by Crippen LogP contribution is -2.10. The number of esters is 1. The fourth-order valence-corrected chi connectivity index (χ4v) is 0.359. The summed E-state index contributed by atoms with van der Waals surface area (Å²) in [5.41, 5.74) is 0. The van der Waals surface area contributed by atoms with Gasteiger partial charge >= 0.3 is 17.9 Å². The van der Waals surface area contributed by atoms with E-state index in [-0.39, 0.29) is 0 Å². The number of carboxylic acids is 2. The fraction of sp³-hybridized carbons (Fsp3) is 0.222. The predicted molar refractivity (Wildman–Crippen MR) is 52.4 cm³/mol. The minimum atomic E-state index is -1.26. The van der Waals surface area contributed by atoms with Crippen molar-refractivity contribution in [3.63, 3.8) is 0 Å². The molecular formula is C9H12O7. The third kappa shape index (κ3) is 17.8. The number of carbonyl (C=O) groups excluding carboxylic acids is 1. The molecule has 0 amide bonds. The molecule has 0 fully saturated rings. The molecule has 0 aliphatic carbocycles. The summed E-state index contributed by atoms with van der Waals surface area (Å²) < 4.78 is 4.20. The SMILES string of the molecule is C=CC(=O)OC(C)O.O=C(O)C=CC(=O)O. The van der Waals surface area contributed by atoms with E-state index in [9.17, 15) is 14.4 Å². The van der Waals surface area contributed by atoms with Crippen LogP contribution in [-0.2, 0) is 19.1 Å². The molecule has 0 aromatic heterocycles. The number of aliphatic hydroxyl groups excluding tert-OH is 1. The lowest BCUT2D eigenvalue weighted by molar-refractivity contribution is -0.158. The number of hydrogen-bond donors (Lipinski definition) is 3. The third-order valence-electron chi connectivity index (χ3n) is 0.822. The predicted octanol–water partition coefficient (Wildman–Crippen LogP) is -0.234. The molecule has 0 aliphatic heterocycles. The molecule has 0 bridgehead atoms. The molecule has 90 valence electrons. The van der Waals surface area contributed by atoms with E-state index in [1.807, 2.05) is 0 Å². The van der Waals surface area contributed by atoms with E-state index >= 15 is 0 Å². The first-order chi connectivity index (χ1) is 7.29. The summed E-state index contributed by atoms with van der Waals surface area (Å²) in [6.07, 6.45) is 1.07. The van der Waals surface area contributed by atoms with Gasteiger partial charge in [-0.1, -0.05) is 6.58 Å². The first-order valence-corrected chi connectivity index (χ1v) is 3.94. The van der Waals surface area contributed by atoms with E-state index in [1.54, 1.807) is 0 Å². The average Bonchev–Trinajstić information content (AvgIpc) is 2.14. The molecule has 0 heterocycles. The maximum absolute atomic E-state index is 10.1. The monoisotopic (exact) mass is 232 g/mol. The van der Waals surface area contributed by atoms with Gasteiger partial charge in [-0.2, -0.15) is 0 Å². The maximum atomic E-state index is 10.1. The molecule has 0 saturated carbocycles. The van der Waals surface area contributed by atoms with Gasteiger partial charge < -0.3 is 20.1 Å². The normalized spacial score (nSPS) is 10.9. The van der Waals surface area contributed by atoms with Crippen LogP contribution in [0.4, 0.5) is 0 Å². The molecule has 0 saturated heterocycles. The number of carboxylic acid groups (broad SMARTS) is 2. The summed E-state index contributed by atoms with van der Waals surface area (Å²) in [4.78, 5) is 29.2. The molecule has 7 nitrogen and oxygen atoms in total. The van der Waals surface area contributed by atoms with Crippen LogP contribution in [0.1, 0.15) is 6.92 Å². The lowest BCUT2D eigenvalue weighted by atomic mass is 10.5. The molecule has 1 unspecified atom stereocenters. The van der Waals surface area contributed by atoms with Crippen LogP contribution in [0.2, 0.25) is 0 Å². The second-order valence-corrected chi connectivity index (χ2v) is 2.25. The topological polar surface area (TPSA) is 121 Å². The van der Waals surface area contributed by atoms with Crippen molar-refractivity contribution in [1.29, 1.82) is 0 Å². The minimum Gasteiger partial charge on any atom is -0.478 e. The van der Waals surface area contributed by atoms with E-state index in [2.05, 4.69) is 11.3 Å². The fourth-order valence-electron chi connectivity index (χ4n) is 0.359. The third-order valence-corrected chi connectivity index (χ3v) is 0.822. The Labute approximate surface area is 91.3 Å². The van der Waals surface area contributed by atoms with Crippen LogP contribution in [0.5, 0.6) is 0 Å². The lowest BCUT2D eigenvalue weighted by Gasteiger charge is -2.01. The summed E-state index contributed by atoms with van der Waals surface area (Å²) in [7, 11) is 0. The van der Waals surface area contributed by atoms with Gasteiger partial charge in [0.05, 0.1) is 0 Å². The van der Waals surface area contributed by atoms with Crippen molar-refractivity contribution in [1.82, 2.24) is 0 Å². The second kappa shape index (κ2) is 9.41. The number of aliphatic carboxylic acids is 2. The molecule has 0 aliphatic rings. The summed E-state index contributed by atoms with van der Waals surface area (Å²) >= 11 is 0. The largest absolute Gasteiger partial charge is 0.478 e. The van der Waals surface area contributed by atoms with Gasteiger partial charge in [0.15, 0.2) is 6.29 Å². The summed E-state index contributed by atoms with van der Waals surface area (Å²) in [6.45, 7) is 4.48. The molecule has 1 atom stereocenters. The molecule has 0 aromatic rings. The van der Waals surface area contributed by atoms with Gasteiger partial charge in [-0.3, -0.25) is 0 Å². The molecular weight excluding hydrogens is 220 g/mol. The van der Waals surface area contributed by atoms with Crippen LogP contribution in [0.25, 0.3) is 0 Å². The first kappa shape index (κ1) is 16.3. The Kier molecular flexibility index (Phi) is 9.58. The molecule has 3 N–H and O–H groups in total. The number of aliphatic hydroxyl groups is 1. The Hall–Kier alpha value is -2.15. The summed E-state index contributed by atoms with van der Waals surface area (Å²) in [5, 5.41) is 24.0. The molecule has 0 spiro atoms. The minimum absolute atomic E-state index is 0.558. The Morgan fingerprint density at radius 2 is 1.56 bits per heavy atom. The van der Waals surface area contributed by atoms with Gasteiger partial charge in [-0.25, -0.2) is 14.4 Å². The Bertz CT molecular complexity index is 274. The van der Waals surface area contributed by atoms with Crippen LogP contribution in [0.15, 0.2) is 24.8 Å². The number of rotatable bonds is 4. The highest BCUT2D eigenvalue weighted by Gasteiger charge is 1.97. The van der Waals surface area contributed by atoms with Crippen molar-refractivity contribution in [3.8, 4) is 0 Å². The quantitative estimate of drug-likeness (QED) is 0.347. The van der Waals surface area contributed by atoms with Gasteiger partial charge in [0.1, 0.15) is 0 Å². The Morgan fingerprint density at radius 1 is 1.19 bits per heavy atom. The van der Waals surface area contributed by atoms with E-state index in [4.69, 9.17) is 15.3 Å². The molecule has 0 rings (SSSR count). The zero-order valence-corrected chi connectivity index (χ0v) is 8.49. The van der Waals surface area contributed by atoms with Crippen LogP contribution < -0.4 is 0 Å². The van der Waals surface area contributed by atoms with E-state index in [0.29, 0.717) is 12.2 Å². The molecule has 7 heteroatoms. The van der Waals surface area contributed by atoms with E-state index in [1.165, 1.54) is 6.92 Å². The van der Waals surface area contributed by atoms with Gasteiger partial charge in [-0.05, 0) is 6.92 Å². The summed E-state index contributed by atoms with van der Waals surface area (Å²) in [6, 6.07) is 0. The summed E-state index contributed by atoms with van der Waals surface area (Å²) in [5.74, 6) is -3.13. The Balaban J connectivity index is 0. The smallest absolute Gasteiger partial charge is 0.332 e. The standard InChI is InChI=1S/C5H8O3.C4H4O4/c1-3-5(7)8-4(2)6;5-3(6)1-2-4(7)8/h3-4,6H,1H2,2H3;1-2H,(H,5,6)(H,7,8).